The summed E-state index contributed by atoms with van der Waals surface area (Å²) in [5.41, 5.74) is 5.94. The fourth-order valence-electron chi connectivity index (χ4n) is 1.11. The second-order valence-electron chi connectivity index (χ2n) is 4.50. The first-order valence-corrected chi connectivity index (χ1v) is 5.44. The molecular formula is C13H19NO2. The number of hydrogen-bond acceptors (Lipinski definition) is 3. The van der Waals surface area contributed by atoms with Crippen molar-refractivity contribution in [2.75, 3.05) is 0 Å². The highest BCUT2D eigenvalue weighted by molar-refractivity contribution is 5.80. The van der Waals surface area contributed by atoms with Crippen molar-refractivity contribution in [1.82, 2.24) is 0 Å². The number of hydrogen-bond donors (Lipinski definition) is 1. The molecule has 1 aromatic carbocycles. The van der Waals surface area contributed by atoms with E-state index in [9.17, 15) is 4.79 Å². The normalized spacial score (nSPS) is 14.6. The van der Waals surface area contributed by atoms with Crippen LogP contribution in [0.25, 0.3) is 0 Å². The average molecular weight is 221 g/mol. The summed E-state index contributed by atoms with van der Waals surface area (Å²) in [5.74, 6) is -0.304. The van der Waals surface area contributed by atoms with Crippen LogP contribution in [0.5, 0.6) is 0 Å². The Kier molecular flexibility index (Phi) is 4.07. The van der Waals surface area contributed by atoms with Crippen molar-refractivity contribution in [3.63, 3.8) is 0 Å². The summed E-state index contributed by atoms with van der Waals surface area (Å²) in [7, 11) is 0. The molecule has 88 valence electrons. The molecule has 0 unspecified atom stereocenters. The molecule has 0 aromatic heterocycles. The van der Waals surface area contributed by atoms with E-state index in [1.165, 1.54) is 0 Å². The summed E-state index contributed by atoms with van der Waals surface area (Å²) in [6.07, 6.45) is 0. The minimum atomic E-state index is -0.922. The molecule has 0 aliphatic carbocycles. The molecule has 0 fully saturated rings. The van der Waals surface area contributed by atoms with Crippen LogP contribution in [0.1, 0.15) is 26.3 Å². The van der Waals surface area contributed by atoms with Gasteiger partial charge in [0, 0.05) is 0 Å². The van der Waals surface area contributed by atoms with Crippen molar-refractivity contribution in [3.05, 3.63) is 35.9 Å². The molecular weight excluding hydrogens is 202 g/mol. The molecule has 16 heavy (non-hydrogen) atoms. The standard InChI is InChI=1S/C13H19NO2/c1-10(2)13(3,14)12(15)16-9-11-7-5-4-6-8-11/h4-8,10H,9,14H2,1-3H3/t13-/m1/s1. The zero-order valence-electron chi connectivity index (χ0n) is 10.1. The first kappa shape index (κ1) is 12.7. The third-order valence-electron chi connectivity index (χ3n) is 2.85. The van der Waals surface area contributed by atoms with Crippen LogP contribution >= 0.6 is 0 Å². The highest BCUT2D eigenvalue weighted by atomic mass is 16.5. The van der Waals surface area contributed by atoms with Crippen molar-refractivity contribution in [2.45, 2.75) is 32.9 Å². The molecule has 0 radical (unpaired) electrons. The molecule has 0 amide bonds. The van der Waals surface area contributed by atoms with E-state index in [0.29, 0.717) is 0 Å². The van der Waals surface area contributed by atoms with E-state index in [1.807, 2.05) is 44.2 Å². The van der Waals surface area contributed by atoms with Gasteiger partial charge in [0.2, 0.25) is 0 Å². The summed E-state index contributed by atoms with van der Waals surface area (Å²) in [6, 6.07) is 9.57. The largest absolute Gasteiger partial charge is 0.459 e. The lowest BCUT2D eigenvalue weighted by molar-refractivity contribution is -0.152. The molecule has 3 nitrogen and oxygen atoms in total. The van der Waals surface area contributed by atoms with Crippen LogP contribution in [0, 0.1) is 5.92 Å². The third-order valence-corrected chi connectivity index (χ3v) is 2.85. The summed E-state index contributed by atoms with van der Waals surface area (Å²) in [5, 5.41) is 0. The van der Waals surface area contributed by atoms with Gasteiger partial charge in [-0.15, -0.1) is 0 Å². The topological polar surface area (TPSA) is 52.3 Å². The van der Waals surface area contributed by atoms with Crippen LogP contribution in [-0.4, -0.2) is 11.5 Å². The van der Waals surface area contributed by atoms with Gasteiger partial charge < -0.3 is 10.5 Å². The zero-order chi connectivity index (χ0) is 12.2. The van der Waals surface area contributed by atoms with Crippen LogP contribution in [0.2, 0.25) is 0 Å². The smallest absolute Gasteiger partial charge is 0.326 e. The van der Waals surface area contributed by atoms with Gasteiger partial charge in [0.15, 0.2) is 0 Å². The maximum absolute atomic E-state index is 11.7. The lowest BCUT2D eigenvalue weighted by Gasteiger charge is -2.26. The summed E-state index contributed by atoms with van der Waals surface area (Å²) < 4.78 is 5.19. The van der Waals surface area contributed by atoms with E-state index < -0.39 is 5.54 Å². The molecule has 0 aliphatic rings. The number of benzene rings is 1. The van der Waals surface area contributed by atoms with Gasteiger partial charge in [0.05, 0.1) is 0 Å². The average Bonchev–Trinajstić information content (AvgIpc) is 2.27. The third kappa shape index (κ3) is 3.07. The number of carbonyl (C=O) groups is 1. The van der Waals surface area contributed by atoms with Gasteiger partial charge >= 0.3 is 5.97 Å². The molecule has 1 rings (SSSR count). The van der Waals surface area contributed by atoms with Crippen molar-refractivity contribution in [2.24, 2.45) is 11.7 Å². The molecule has 1 aromatic rings. The first-order valence-electron chi connectivity index (χ1n) is 5.44. The molecule has 0 saturated heterocycles. The summed E-state index contributed by atoms with van der Waals surface area (Å²) >= 11 is 0. The predicted octanol–water partition coefficient (Wildman–Crippen LogP) is 2.10. The zero-order valence-corrected chi connectivity index (χ0v) is 10.1. The van der Waals surface area contributed by atoms with Gasteiger partial charge in [0.1, 0.15) is 12.1 Å². The molecule has 3 heteroatoms. The Morgan fingerprint density at radius 2 is 1.94 bits per heavy atom. The van der Waals surface area contributed by atoms with E-state index in [1.54, 1.807) is 6.92 Å². The second kappa shape index (κ2) is 5.12. The minimum Gasteiger partial charge on any atom is -0.459 e. The van der Waals surface area contributed by atoms with Crippen molar-refractivity contribution in [3.8, 4) is 0 Å². The number of ether oxygens (including phenoxy) is 1. The lowest BCUT2D eigenvalue weighted by atomic mass is 9.90. The lowest BCUT2D eigenvalue weighted by Crippen LogP contribution is -2.50. The van der Waals surface area contributed by atoms with Crippen LogP contribution in [0.4, 0.5) is 0 Å². The number of carbonyl (C=O) groups excluding carboxylic acids is 1. The van der Waals surface area contributed by atoms with Gasteiger partial charge in [-0.1, -0.05) is 44.2 Å². The summed E-state index contributed by atoms with van der Waals surface area (Å²) in [4.78, 5) is 11.7. The van der Waals surface area contributed by atoms with Crippen molar-refractivity contribution in [1.29, 1.82) is 0 Å². The second-order valence-corrected chi connectivity index (χ2v) is 4.50. The van der Waals surface area contributed by atoms with Crippen LogP contribution in [0.3, 0.4) is 0 Å². The predicted molar refractivity (Wildman–Crippen MR) is 63.7 cm³/mol. The van der Waals surface area contributed by atoms with Gasteiger partial charge in [0.25, 0.3) is 0 Å². The van der Waals surface area contributed by atoms with E-state index in [2.05, 4.69) is 0 Å². The highest BCUT2D eigenvalue weighted by Crippen LogP contribution is 2.15. The first-order chi connectivity index (χ1) is 7.44. The van der Waals surface area contributed by atoms with Crippen LogP contribution in [-0.2, 0) is 16.1 Å². The number of nitrogens with two attached hydrogens (primary N) is 1. The van der Waals surface area contributed by atoms with E-state index in [-0.39, 0.29) is 18.5 Å². The molecule has 1 atom stereocenters. The Morgan fingerprint density at radius 3 is 2.44 bits per heavy atom. The van der Waals surface area contributed by atoms with Gasteiger partial charge in [-0.3, -0.25) is 4.79 Å². The maximum Gasteiger partial charge on any atom is 0.326 e. The number of rotatable bonds is 4. The molecule has 0 spiro atoms. The quantitative estimate of drug-likeness (QED) is 0.792. The highest BCUT2D eigenvalue weighted by Gasteiger charge is 2.33. The number of esters is 1. The summed E-state index contributed by atoms with van der Waals surface area (Å²) in [6.45, 7) is 5.79. The van der Waals surface area contributed by atoms with Crippen molar-refractivity contribution >= 4 is 5.97 Å². The molecule has 0 saturated carbocycles. The van der Waals surface area contributed by atoms with Gasteiger partial charge in [-0.2, -0.15) is 0 Å². The maximum atomic E-state index is 11.7. The van der Waals surface area contributed by atoms with Crippen molar-refractivity contribution < 1.29 is 9.53 Å². The fraction of sp³-hybridized carbons (Fsp3) is 0.462. The molecule has 2 N–H and O–H groups in total. The van der Waals surface area contributed by atoms with E-state index in [0.717, 1.165) is 5.56 Å². The van der Waals surface area contributed by atoms with Crippen LogP contribution < -0.4 is 5.73 Å². The molecule has 0 aliphatic heterocycles. The van der Waals surface area contributed by atoms with E-state index >= 15 is 0 Å². The molecule has 0 heterocycles. The van der Waals surface area contributed by atoms with Gasteiger partial charge in [-0.05, 0) is 18.4 Å². The Bertz CT molecular complexity index is 344. The SMILES string of the molecule is CC(C)[C@@](C)(N)C(=O)OCc1ccccc1. The van der Waals surface area contributed by atoms with E-state index in [4.69, 9.17) is 10.5 Å². The Labute approximate surface area is 96.6 Å². The van der Waals surface area contributed by atoms with Crippen LogP contribution in [0.15, 0.2) is 30.3 Å². The van der Waals surface area contributed by atoms with Gasteiger partial charge in [-0.25, -0.2) is 0 Å². The minimum absolute atomic E-state index is 0.0516. The molecule has 0 bridgehead atoms. The Morgan fingerprint density at radius 1 is 1.38 bits per heavy atom. The monoisotopic (exact) mass is 221 g/mol. The Hall–Kier alpha value is -1.35. The fourth-order valence-corrected chi connectivity index (χ4v) is 1.11. The Balaban J connectivity index is 2.54.